The van der Waals surface area contributed by atoms with E-state index in [9.17, 15) is 9.90 Å². The first-order valence-electron chi connectivity index (χ1n) is 6.17. The van der Waals surface area contributed by atoms with Crippen LogP contribution in [0.15, 0.2) is 15.9 Å². The Morgan fingerprint density at radius 1 is 1.61 bits per heavy atom. The molecule has 100 valence electrons. The Morgan fingerprint density at radius 2 is 2.33 bits per heavy atom. The summed E-state index contributed by atoms with van der Waals surface area (Å²) in [7, 11) is 2.02. The summed E-state index contributed by atoms with van der Waals surface area (Å²) in [6, 6.07) is 2.13. The van der Waals surface area contributed by atoms with Gasteiger partial charge in [-0.25, -0.2) is 0 Å². The standard InChI is InChI=1S/C13H18BrNO2S/c1-15(6-3-11-7-10(14)8-18-11)9-13(12(16)17)4-2-5-13/h7-8H,2-6,9H2,1H3,(H,16,17). The van der Waals surface area contributed by atoms with Gasteiger partial charge in [0.15, 0.2) is 0 Å². The van der Waals surface area contributed by atoms with Gasteiger partial charge in [-0.1, -0.05) is 6.42 Å². The smallest absolute Gasteiger partial charge is 0.310 e. The van der Waals surface area contributed by atoms with E-state index in [4.69, 9.17) is 0 Å². The zero-order valence-corrected chi connectivity index (χ0v) is 12.9. The van der Waals surface area contributed by atoms with E-state index in [0.717, 1.165) is 36.7 Å². The maximum atomic E-state index is 11.3. The van der Waals surface area contributed by atoms with Gasteiger partial charge in [-0.3, -0.25) is 4.79 Å². The summed E-state index contributed by atoms with van der Waals surface area (Å²) in [6.07, 6.45) is 3.70. The number of thiophene rings is 1. The van der Waals surface area contributed by atoms with E-state index in [1.54, 1.807) is 11.3 Å². The lowest BCUT2D eigenvalue weighted by Gasteiger charge is -2.40. The molecule has 1 fully saturated rings. The summed E-state index contributed by atoms with van der Waals surface area (Å²) in [4.78, 5) is 14.8. The molecule has 18 heavy (non-hydrogen) atoms. The third-order valence-corrected chi connectivity index (χ3v) is 5.46. The number of hydrogen-bond donors (Lipinski definition) is 1. The van der Waals surface area contributed by atoms with Gasteiger partial charge in [0.2, 0.25) is 0 Å². The summed E-state index contributed by atoms with van der Waals surface area (Å²) in [5, 5.41) is 11.4. The van der Waals surface area contributed by atoms with Crippen LogP contribution in [0.4, 0.5) is 0 Å². The Balaban J connectivity index is 1.81. The molecule has 0 aliphatic heterocycles. The third kappa shape index (κ3) is 3.13. The summed E-state index contributed by atoms with van der Waals surface area (Å²) in [6.45, 7) is 1.59. The molecule has 0 aromatic carbocycles. The molecule has 0 atom stereocenters. The summed E-state index contributed by atoms with van der Waals surface area (Å²) >= 11 is 5.19. The average Bonchev–Trinajstić information content (AvgIpc) is 2.66. The van der Waals surface area contributed by atoms with E-state index in [1.165, 1.54) is 4.88 Å². The topological polar surface area (TPSA) is 40.5 Å². The number of aliphatic carboxylic acids is 1. The predicted molar refractivity (Wildman–Crippen MR) is 77.1 cm³/mol. The Bertz CT molecular complexity index is 428. The van der Waals surface area contributed by atoms with Crippen molar-refractivity contribution in [2.24, 2.45) is 5.41 Å². The molecule has 1 aliphatic rings. The Morgan fingerprint density at radius 3 is 2.78 bits per heavy atom. The fourth-order valence-corrected chi connectivity index (χ4v) is 3.87. The molecular formula is C13H18BrNO2S. The Labute approximate surface area is 120 Å². The number of carboxylic acid groups (broad SMARTS) is 1. The van der Waals surface area contributed by atoms with Gasteiger partial charge in [-0.15, -0.1) is 11.3 Å². The van der Waals surface area contributed by atoms with Crippen LogP contribution in [0.3, 0.4) is 0 Å². The van der Waals surface area contributed by atoms with Crippen molar-refractivity contribution >= 4 is 33.2 Å². The highest BCUT2D eigenvalue weighted by Crippen LogP contribution is 2.41. The molecule has 2 rings (SSSR count). The van der Waals surface area contributed by atoms with Crippen LogP contribution in [0.1, 0.15) is 24.1 Å². The molecule has 0 saturated heterocycles. The second kappa shape index (κ2) is 5.72. The van der Waals surface area contributed by atoms with Crippen LogP contribution in [0.2, 0.25) is 0 Å². The molecule has 1 aromatic heterocycles. The van der Waals surface area contributed by atoms with Crippen molar-refractivity contribution in [1.29, 1.82) is 0 Å². The number of nitrogens with zero attached hydrogens (tertiary/aromatic N) is 1. The maximum absolute atomic E-state index is 11.3. The van der Waals surface area contributed by atoms with E-state index in [2.05, 4.69) is 32.3 Å². The minimum atomic E-state index is -0.625. The van der Waals surface area contributed by atoms with Crippen molar-refractivity contribution in [1.82, 2.24) is 4.90 Å². The molecule has 1 saturated carbocycles. The van der Waals surface area contributed by atoms with Gasteiger partial charge < -0.3 is 10.0 Å². The van der Waals surface area contributed by atoms with E-state index < -0.39 is 11.4 Å². The van der Waals surface area contributed by atoms with Crippen molar-refractivity contribution in [3.8, 4) is 0 Å². The van der Waals surface area contributed by atoms with Crippen LogP contribution < -0.4 is 0 Å². The van der Waals surface area contributed by atoms with Gasteiger partial charge in [0.1, 0.15) is 0 Å². The third-order valence-electron chi connectivity index (χ3n) is 3.70. The van der Waals surface area contributed by atoms with Crippen LogP contribution in [-0.2, 0) is 11.2 Å². The zero-order valence-electron chi connectivity index (χ0n) is 10.5. The van der Waals surface area contributed by atoms with Crippen LogP contribution >= 0.6 is 27.3 Å². The van der Waals surface area contributed by atoms with Gasteiger partial charge in [0.25, 0.3) is 0 Å². The van der Waals surface area contributed by atoms with Crippen LogP contribution in [0, 0.1) is 5.41 Å². The first kappa shape index (κ1) is 14.0. The molecule has 0 spiro atoms. The number of halogens is 1. The molecule has 0 unspecified atom stereocenters. The quantitative estimate of drug-likeness (QED) is 0.869. The molecule has 1 N–H and O–H groups in total. The molecule has 3 nitrogen and oxygen atoms in total. The highest BCUT2D eigenvalue weighted by Gasteiger charge is 2.44. The zero-order chi connectivity index (χ0) is 13.2. The lowest BCUT2D eigenvalue weighted by molar-refractivity contribution is -0.155. The fraction of sp³-hybridized carbons (Fsp3) is 0.615. The second-order valence-corrected chi connectivity index (χ2v) is 7.07. The van der Waals surface area contributed by atoms with Crippen LogP contribution in [0.5, 0.6) is 0 Å². The second-order valence-electron chi connectivity index (χ2n) is 5.16. The van der Waals surface area contributed by atoms with Gasteiger partial charge >= 0.3 is 5.97 Å². The molecule has 5 heteroatoms. The normalized spacial score (nSPS) is 17.7. The lowest BCUT2D eigenvalue weighted by atomic mass is 9.68. The minimum Gasteiger partial charge on any atom is -0.481 e. The molecule has 1 heterocycles. The SMILES string of the molecule is CN(CCc1cc(Br)cs1)CC1(C(=O)O)CCC1. The van der Waals surface area contributed by atoms with Crippen molar-refractivity contribution in [3.05, 3.63) is 20.8 Å². The van der Waals surface area contributed by atoms with Crippen LogP contribution in [0.25, 0.3) is 0 Å². The number of rotatable bonds is 6. The summed E-state index contributed by atoms with van der Waals surface area (Å²) in [5.41, 5.74) is -0.467. The first-order chi connectivity index (χ1) is 8.52. The van der Waals surface area contributed by atoms with E-state index in [1.807, 2.05) is 7.05 Å². The minimum absolute atomic E-state index is 0.467. The van der Waals surface area contributed by atoms with Crippen molar-refractivity contribution in [2.45, 2.75) is 25.7 Å². The summed E-state index contributed by atoms with van der Waals surface area (Å²) < 4.78 is 1.13. The van der Waals surface area contributed by atoms with E-state index in [0.29, 0.717) is 6.54 Å². The molecule has 0 radical (unpaired) electrons. The number of likely N-dealkylation sites (N-methyl/N-ethyl adjacent to an activating group) is 1. The van der Waals surface area contributed by atoms with Gasteiger partial charge in [0, 0.05) is 27.8 Å². The Kier molecular flexibility index (Phi) is 4.45. The first-order valence-corrected chi connectivity index (χ1v) is 7.84. The fourth-order valence-electron chi connectivity index (χ4n) is 2.42. The Hall–Kier alpha value is -0.390. The van der Waals surface area contributed by atoms with E-state index >= 15 is 0 Å². The summed E-state index contributed by atoms with van der Waals surface area (Å²) in [5.74, 6) is -0.625. The monoisotopic (exact) mass is 331 g/mol. The predicted octanol–water partition coefficient (Wildman–Crippen LogP) is 3.24. The lowest BCUT2D eigenvalue weighted by Crippen LogP contribution is -2.47. The van der Waals surface area contributed by atoms with Gasteiger partial charge in [-0.2, -0.15) is 0 Å². The maximum Gasteiger partial charge on any atom is 0.310 e. The van der Waals surface area contributed by atoms with E-state index in [-0.39, 0.29) is 0 Å². The number of hydrogen-bond acceptors (Lipinski definition) is 3. The van der Waals surface area contributed by atoms with Crippen LogP contribution in [-0.4, -0.2) is 36.1 Å². The highest BCUT2D eigenvalue weighted by atomic mass is 79.9. The molecule has 1 aliphatic carbocycles. The van der Waals surface area contributed by atoms with Gasteiger partial charge in [-0.05, 0) is 48.3 Å². The van der Waals surface area contributed by atoms with Crippen molar-refractivity contribution in [2.75, 3.05) is 20.1 Å². The largest absolute Gasteiger partial charge is 0.481 e. The number of carboxylic acids is 1. The molecule has 0 bridgehead atoms. The van der Waals surface area contributed by atoms with Gasteiger partial charge in [0.05, 0.1) is 5.41 Å². The highest BCUT2D eigenvalue weighted by molar-refractivity contribution is 9.10. The van der Waals surface area contributed by atoms with Crippen molar-refractivity contribution in [3.63, 3.8) is 0 Å². The average molecular weight is 332 g/mol. The number of carbonyl (C=O) groups is 1. The molecule has 0 amide bonds. The molecule has 1 aromatic rings. The molecular weight excluding hydrogens is 314 g/mol. The van der Waals surface area contributed by atoms with Crippen molar-refractivity contribution < 1.29 is 9.90 Å².